The molecule has 4 heterocycles. The summed E-state index contributed by atoms with van der Waals surface area (Å²) in [6.07, 6.45) is 5.05. The third kappa shape index (κ3) is 1.38. The number of hydrogen-bond acceptors (Lipinski definition) is 5. The summed E-state index contributed by atoms with van der Waals surface area (Å²) in [5.41, 5.74) is -0.211. The molecule has 7 nitrogen and oxygen atoms in total. The van der Waals surface area contributed by atoms with Crippen molar-refractivity contribution in [2.45, 2.75) is 25.3 Å². The SMILES string of the molecule is CC1=C2C(=O)N(C34CC(C3)C(=O)NC4=O)C(=O)C2C=CN=C1. The minimum atomic E-state index is -1.20. The van der Waals surface area contributed by atoms with Crippen molar-refractivity contribution in [1.82, 2.24) is 10.2 Å². The summed E-state index contributed by atoms with van der Waals surface area (Å²) in [4.78, 5) is 54.3. The number of aliphatic imine (C=N–C) groups is 1. The van der Waals surface area contributed by atoms with Crippen molar-refractivity contribution in [3.8, 4) is 0 Å². The molecule has 4 fully saturated rings. The molecule has 112 valence electrons. The van der Waals surface area contributed by atoms with Crippen LogP contribution in [0.4, 0.5) is 0 Å². The number of nitrogens with zero attached hydrogens (tertiary/aromatic N) is 2. The summed E-state index contributed by atoms with van der Waals surface area (Å²) >= 11 is 0. The fourth-order valence-electron chi connectivity index (χ4n) is 3.71. The van der Waals surface area contributed by atoms with Crippen LogP contribution in [0.5, 0.6) is 0 Å². The van der Waals surface area contributed by atoms with Crippen molar-refractivity contribution < 1.29 is 19.2 Å². The number of nitrogens with one attached hydrogen (secondary N) is 1. The number of carbonyl (C=O) groups is 4. The van der Waals surface area contributed by atoms with E-state index in [2.05, 4.69) is 10.3 Å². The molecule has 7 heteroatoms. The molecule has 1 unspecified atom stereocenters. The average molecular weight is 299 g/mol. The average Bonchev–Trinajstić information content (AvgIpc) is 2.57. The van der Waals surface area contributed by atoms with Crippen LogP contribution >= 0.6 is 0 Å². The normalized spacial score (nSPS) is 36.3. The molecule has 22 heavy (non-hydrogen) atoms. The van der Waals surface area contributed by atoms with Gasteiger partial charge in [-0.25, -0.2) is 0 Å². The van der Waals surface area contributed by atoms with Gasteiger partial charge in [0.2, 0.25) is 11.8 Å². The smallest absolute Gasteiger partial charge is 0.258 e. The molecule has 0 aromatic carbocycles. The summed E-state index contributed by atoms with van der Waals surface area (Å²) in [6, 6.07) is 0. The van der Waals surface area contributed by atoms with E-state index < -0.39 is 29.2 Å². The first-order valence-corrected chi connectivity index (χ1v) is 7.10. The minimum absolute atomic E-state index is 0.228. The molecule has 3 saturated heterocycles. The molecule has 0 aromatic heterocycles. The lowest BCUT2D eigenvalue weighted by molar-refractivity contribution is -0.172. The van der Waals surface area contributed by atoms with Gasteiger partial charge in [-0.1, -0.05) is 0 Å². The van der Waals surface area contributed by atoms with Gasteiger partial charge in [0.25, 0.3) is 11.8 Å². The van der Waals surface area contributed by atoms with Gasteiger partial charge in [-0.2, -0.15) is 0 Å². The Morgan fingerprint density at radius 2 is 2.00 bits per heavy atom. The third-order valence-electron chi connectivity index (χ3n) is 4.91. The van der Waals surface area contributed by atoms with Crippen LogP contribution in [0.2, 0.25) is 0 Å². The molecule has 0 spiro atoms. The summed E-state index contributed by atoms with van der Waals surface area (Å²) < 4.78 is 0. The quantitative estimate of drug-likeness (QED) is 0.672. The highest BCUT2D eigenvalue weighted by molar-refractivity contribution is 6.22. The van der Waals surface area contributed by atoms with E-state index in [9.17, 15) is 19.2 Å². The van der Waals surface area contributed by atoms with Gasteiger partial charge in [0.05, 0.1) is 5.92 Å². The van der Waals surface area contributed by atoms with Crippen molar-refractivity contribution in [1.29, 1.82) is 0 Å². The molecule has 5 rings (SSSR count). The first-order chi connectivity index (χ1) is 10.5. The number of imide groups is 2. The zero-order valence-corrected chi connectivity index (χ0v) is 11.8. The molecular formula is C15H13N3O4. The van der Waals surface area contributed by atoms with Gasteiger partial charge in [-0.3, -0.25) is 34.4 Å². The Morgan fingerprint density at radius 1 is 1.27 bits per heavy atom. The zero-order chi connectivity index (χ0) is 15.6. The lowest BCUT2D eigenvalue weighted by Crippen LogP contribution is -2.74. The zero-order valence-electron chi connectivity index (χ0n) is 11.8. The Kier molecular flexibility index (Phi) is 2.38. The fourth-order valence-corrected chi connectivity index (χ4v) is 3.71. The Balaban J connectivity index is 1.79. The summed E-state index contributed by atoms with van der Waals surface area (Å²) in [7, 11) is 0. The molecule has 4 amide bonds. The molecule has 0 aromatic rings. The van der Waals surface area contributed by atoms with Crippen LogP contribution in [0.25, 0.3) is 0 Å². The second-order valence-electron chi connectivity index (χ2n) is 6.13. The molecule has 5 aliphatic rings. The highest BCUT2D eigenvalue weighted by Crippen LogP contribution is 2.49. The number of allylic oxidation sites excluding steroid dienone is 1. The van der Waals surface area contributed by atoms with Crippen molar-refractivity contribution in [2.24, 2.45) is 16.8 Å². The van der Waals surface area contributed by atoms with E-state index >= 15 is 0 Å². The number of carbonyl (C=O) groups excluding carboxylic acids is 4. The van der Waals surface area contributed by atoms with E-state index in [0.717, 1.165) is 4.90 Å². The Labute approximate surface area is 125 Å². The predicted molar refractivity (Wildman–Crippen MR) is 74.3 cm³/mol. The van der Waals surface area contributed by atoms with Crippen LogP contribution in [0.15, 0.2) is 28.4 Å². The van der Waals surface area contributed by atoms with Crippen LogP contribution in [0.1, 0.15) is 19.8 Å². The van der Waals surface area contributed by atoms with E-state index in [4.69, 9.17) is 0 Å². The van der Waals surface area contributed by atoms with Gasteiger partial charge in [0.15, 0.2) is 0 Å². The highest BCUT2D eigenvalue weighted by atomic mass is 16.2. The third-order valence-corrected chi connectivity index (χ3v) is 4.91. The largest absolute Gasteiger partial charge is 0.294 e. The first kappa shape index (κ1) is 13.1. The topological polar surface area (TPSA) is 95.9 Å². The minimum Gasteiger partial charge on any atom is -0.294 e. The van der Waals surface area contributed by atoms with Crippen LogP contribution < -0.4 is 5.32 Å². The van der Waals surface area contributed by atoms with Crippen molar-refractivity contribution >= 4 is 29.8 Å². The van der Waals surface area contributed by atoms with Gasteiger partial charge in [0.1, 0.15) is 5.54 Å². The number of piperidine rings is 2. The van der Waals surface area contributed by atoms with Crippen LogP contribution in [-0.4, -0.2) is 40.3 Å². The monoisotopic (exact) mass is 299 g/mol. The molecular weight excluding hydrogens is 286 g/mol. The number of rotatable bonds is 1. The highest BCUT2D eigenvalue weighted by Gasteiger charge is 2.66. The Hall–Kier alpha value is -2.57. The summed E-state index contributed by atoms with van der Waals surface area (Å²) in [6.45, 7) is 1.72. The molecule has 1 N–H and O–H groups in total. The van der Waals surface area contributed by atoms with E-state index in [1.54, 1.807) is 13.0 Å². The van der Waals surface area contributed by atoms with Crippen molar-refractivity contribution in [3.05, 3.63) is 23.4 Å². The van der Waals surface area contributed by atoms with E-state index in [0.29, 0.717) is 11.1 Å². The van der Waals surface area contributed by atoms with Crippen molar-refractivity contribution in [2.75, 3.05) is 0 Å². The first-order valence-electron chi connectivity index (χ1n) is 7.10. The van der Waals surface area contributed by atoms with Crippen LogP contribution in [-0.2, 0) is 19.2 Å². The predicted octanol–water partition coefficient (Wildman–Crippen LogP) is -0.309. The van der Waals surface area contributed by atoms with Gasteiger partial charge in [-0.05, 0) is 31.4 Å². The maximum atomic E-state index is 12.8. The standard InChI is InChI=1S/C15H13N3O4/c1-7-6-16-3-2-9-10(7)13(21)18(12(9)20)15-4-8(5-15)11(19)17-14(15)22/h2-3,6,8-9H,4-5H2,1H3,(H,17,19,22). The van der Waals surface area contributed by atoms with E-state index in [-0.39, 0.29) is 24.7 Å². The summed E-state index contributed by atoms with van der Waals surface area (Å²) in [5, 5.41) is 2.26. The lowest BCUT2D eigenvalue weighted by Gasteiger charge is -2.52. The van der Waals surface area contributed by atoms with E-state index in [1.165, 1.54) is 12.4 Å². The maximum Gasteiger partial charge on any atom is 0.258 e. The number of amides is 4. The Bertz CT molecular complexity index is 740. The maximum absolute atomic E-state index is 12.8. The molecule has 2 bridgehead atoms. The fraction of sp³-hybridized carbons (Fsp3) is 0.400. The summed E-state index contributed by atoms with van der Waals surface area (Å²) in [5.74, 6) is -2.72. The molecule has 4 aliphatic heterocycles. The molecule has 1 saturated carbocycles. The van der Waals surface area contributed by atoms with Crippen LogP contribution in [0.3, 0.4) is 0 Å². The van der Waals surface area contributed by atoms with Crippen molar-refractivity contribution in [3.63, 3.8) is 0 Å². The Morgan fingerprint density at radius 3 is 2.68 bits per heavy atom. The second-order valence-corrected chi connectivity index (χ2v) is 6.13. The second kappa shape index (κ2) is 4.00. The molecule has 1 atom stereocenters. The van der Waals surface area contributed by atoms with Gasteiger partial charge in [0, 0.05) is 23.9 Å². The number of likely N-dealkylation sites (tertiary alicyclic amines) is 1. The van der Waals surface area contributed by atoms with E-state index in [1.807, 2.05) is 0 Å². The lowest BCUT2D eigenvalue weighted by atomic mass is 9.63. The van der Waals surface area contributed by atoms with Crippen LogP contribution in [0, 0.1) is 11.8 Å². The van der Waals surface area contributed by atoms with Gasteiger partial charge < -0.3 is 0 Å². The van der Waals surface area contributed by atoms with Gasteiger partial charge >= 0.3 is 0 Å². The van der Waals surface area contributed by atoms with Gasteiger partial charge in [-0.15, -0.1) is 0 Å². The molecule has 1 aliphatic carbocycles. The molecule has 0 radical (unpaired) electrons. The number of hydrogen-bond donors (Lipinski definition) is 1. The number of fused-ring (bicyclic) bond motifs is 3.